The van der Waals surface area contributed by atoms with Gasteiger partial charge in [0.25, 0.3) is 0 Å². The number of phenolic OH excluding ortho intramolecular Hbond substituents is 1. The third-order valence-corrected chi connectivity index (χ3v) is 4.90. The van der Waals surface area contributed by atoms with Crippen molar-refractivity contribution in [3.63, 3.8) is 0 Å². The summed E-state index contributed by atoms with van der Waals surface area (Å²) in [6.07, 6.45) is 7.13. The average molecular weight is 327 g/mol. The molecule has 0 amide bonds. The number of hydrogen-bond acceptors (Lipinski definition) is 4. The van der Waals surface area contributed by atoms with Crippen molar-refractivity contribution in [2.75, 3.05) is 13.2 Å². The molecule has 3 nitrogen and oxygen atoms in total. The molecular weight excluding hydrogens is 306 g/mol. The van der Waals surface area contributed by atoms with E-state index in [0.29, 0.717) is 12.4 Å². The van der Waals surface area contributed by atoms with Gasteiger partial charge in [0.15, 0.2) is 0 Å². The van der Waals surface area contributed by atoms with Gasteiger partial charge in [0.05, 0.1) is 6.61 Å². The Hall–Kier alpha value is -2.20. The van der Waals surface area contributed by atoms with Crippen molar-refractivity contribution in [2.45, 2.75) is 19.9 Å². The Bertz CT molecular complexity index is 704. The maximum absolute atomic E-state index is 9.78. The number of nitrogens with zero attached hydrogens (tertiary/aromatic N) is 1. The fraction of sp³-hybridized carbons (Fsp3) is 0.263. The number of phenols is 1. The average Bonchev–Trinajstić information content (AvgIpc) is 3.07. The molecule has 0 radical (unpaired) electrons. The Morgan fingerprint density at radius 1 is 1.26 bits per heavy atom. The highest BCUT2D eigenvalue weighted by atomic mass is 32.1. The van der Waals surface area contributed by atoms with Crippen molar-refractivity contribution in [3.8, 4) is 5.75 Å². The van der Waals surface area contributed by atoms with E-state index >= 15 is 0 Å². The topological polar surface area (TPSA) is 32.7 Å². The smallest absolute Gasteiger partial charge is 0.118 e. The molecule has 120 valence electrons. The van der Waals surface area contributed by atoms with Crippen molar-refractivity contribution < 1.29 is 9.84 Å². The lowest BCUT2D eigenvalue weighted by Crippen LogP contribution is -2.20. The summed E-state index contributed by atoms with van der Waals surface area (Å²) >= 11 is 1.77. The number of thiophene rings is 1. The van der Waals surface area contributed by atoms with Gasteiger partial charge in [-0.05, 0) is 47.7 Å². The van der Waals surface area contributed by atoms with Crippen LogP contribution in [0.25, 0.3) is 0 Å². The predicted molar refractivity (Wildman–Crippen MR) is 94.5 cm³/mol. The monoisotopic (exact) mass is 327 g/mol. The lowest BCUT2D eigenvalue weighted by Gasteiger charge is -2.23. The van der Waals surface area contributed by atoms with E-state index in [1.807, 2.05) is 19.1 Å². The quantitative estimate of drug-likeness (QED) is 0.861. The normalized spacial score (nSPS) is 14.0. The lowest BCUT2D eigenvalue weighted by atomic mass is 10.1. The van der Waals surface area contributed by atoms with Gasteiger partial charge in [-0.3, -0.25) is 0 Å². The zero-order valence-electron chi connectivity index (χ0n) is 13.2. The first-order chi connectivity index (χ1) is 11.2. The van der Waals surface area contributed by atoms with Gasteiger partial charge in [-0.25, -0.2) is 0 Å². The molecule has 1 aliphatic heterocycles. The third-order valence-electron chi connectivity index (χ3n) is 3.96. The van der Waals surface area contributed by atoms with Gasteiger partial charge in [0.1, 0.15) is 11.5 Å². The minimum atomic E-state index is 0.358. The zero-order chi connectivity index (χ0) is 16.1. The van der Waals surface area contributed by atoms with Crippen LogP contribution in [0, 0.1) is 6.92 Å². The van der Waals surface area contributed by atoms with Gasteiger partial charge in [0, 0.05) is 30.6 Å². The van der Waals surface area contributed by atoms with Crippen molar-refractivity contribution in [1.29, 1.82) is 0 Å². The standard InChI is InChI=1S/C19H21NO2S/c1-15-16(4-2-6-19(15)21)14-20-10-7-17(8-11-20)22-12-9-18-5-3-13-23-18/h2-8,10,13,21H,9,11-12,14H2,1H3. The van der Waals surface area contributed by atoms with Crippen LogP contribution in [-0.2, 0) is 17.7 Å². The third kappa shape index (κ3) is 4.17. The van der Waals surface area contributed by atoms with Gasteiger partial charge < -0.3 is 14.7 Å². The first-order valence-electron chi connectivity index (χ1n) is 7.77. The summed E-state index contributed by atoms with van der Waals surface area (Å²) in [4.78, 5) is 3.56. The van der Waals surface area contributed by atoms with Crippen molar-refractivity contribution >= 4 is 11.3 Å². The van der Waals surface area contributed by atoms with E-state index in [1.54, 1.807) is 17.4 Å². The molecule has 1 N–H and O–H groups in total. The van der Waals surface area contributed by atoms with Crippen LogP contribution in [0.3, 0.4) is 0 Å². The highest BCUT2D eigenvalue weighted by molar-refractivity contribution is 7.09. The maximum atomic E-state index is 9.78. The van der Waals surface area contributed by atoms with Crippen molar-refractivity contribution in [3.05, 3.63) is 75.8 Å². The number of rotatable bonds is 6. The van der Waals surface area contributed by atoms with Crippen LogP contribution < -0.4 is 0 Å². The highest BCUT2D eigenvalue weighted by Crippen LogP contribution is 2.22. The first kappa shape index (κ1) is 15.7. The fourth-order valence-corrected chi connectivity index (χ4v) is 3.21. The molecule has 0 spiro atoms. The number of hydrogen-bond donors (Lipinski definition) is 1. The van der Waals surface area contributed by atoms with Crippen LogP contribution in [0.15, 0.2) is 59.8 Å². The molecule has 2 aromatic rings. The van der Waals surface area contributed by atoms with Gasteiger partial charge >= 0.3 is 0 Å². The molecule has 0 atom stereocenters. The summed E-state index contributed by atoms with van der Waals surface area (Å²) in [7, 11) is 0. The van der Waals surface area contributed by atoms with E-state index in [0.717, 1.165) is 36.4 Å². The molecule has 2 heterocycles. The first-order valence-corrected chi connectivity index (χ1v) is 8.65. The molecule has 3 rings (SSSR count). The Morgan fingerprint density at radius 2 is 2.17 bits per heavy atom. The molecular formula is C19H21NO2S. The number of aromatic hydroxyl groups is 1. The van der Waals surface area contributed by atoms with Gasteiger partial charge in [0.2, 0.25) is 0 Å². The van der Waals surface area contributed by atoms with Gasteiger partial charge in [-0.1, -0.05) is 18.2 Å². The van der Waals surface area contributed by atoms with Crippen molar-refractivity contribution in [1.82, 2.24) is 4.90 Å². The lowest BCUT2D eigenvalue weighted by molar-refractivity contribution is 0.221. The van der Waals surface area contributed by atoms with Crippen molar-refractivity contribution in [2.24, 2.45) is 0 Å². The van der Waals surface area contributed by atoms with Crippen LogP contribution >= 0.6 is 11.3 Å². The zero-order valence-corrected chi connectivity index (χ0v) is 14.1. The van der Waals surface area contributed by atoms with E-state index in [-0.39, 0.29) is 0 Å². The molecule has 0 bridgehead atoms. The summed E-state index contributed by atoms with van der Waals surface area (Å²) in [5.41, 5.74) is 2.09. The molecule has 0 unspecified atom stereocenters. The highest BCUT2D eigenvalue weighted by Gasteiger charge is 2.09. The molecule has 0 fully saturated rings. The Morgan fingerprint density at radius 3 is 2.91 bits per heavy atom. The van der Waals surface area contributed by atoms with E-state index < -0.39 is 0 Å². The fourth-order valence-electron chi connectivity index (χ4n) is 2.52. The van der Waals surface area contributed by atoms with E-state index in [4.69, 9.17) is 4.74 Å². The van der Waals surface area contributed by atoms with Gasteiger partial charge in [-0.15, -0.1) is 11.3 Å². The Labute approximate surface area is 141 Å². The molecule has 0 saturated carbocycles. The summed E-state index contributed by atoms with van der Waals surface area (Å²) in [5, 5.41) is 11.9. The SMILES string of the molecule is Cc1c(O)cccc1CN1C=CC(OCCc2cccs2)=CC1. The van der Waals surface area contributed by atoms with E-state index in [1.165, 1.54) is 4.88 Å². The molecule has 0 aliphatic carbocycles. The summed E-state index contributed by atoms with van der Waals surface area (Å²) in [5.74, 6) is 1.29. The van der Waals surface area contributed by atoms with Crippen LogP contribution in [0.1, 0.15) is 16.0 Å². The second-order valence-electron chi connectivity index (χ2n) is 5.59. The summed E-state index contributed by atoms with van der Waals surface area (Å²) < 4.78 is 5.81. The molecule has 4 heteroatoms. The second-order valence-corrected chi connectivity index (χ2v) is 6.62. The number of allylic oxidation sites excluding steroid dienone is 1. The van der Waals surface area contributed by atoms with Crippen LogP contribution in [0.5, 0.6) is 5.75 Å². The summed E-state index contributed by atoms with van der Waals surface area (Å²) in [6, 6.07) is 9.88. The molecule has 23 heavy (non-hydrogen) atoms. The number of ether oxygens (including phenoxy) is 1. The summed E-state index contributed by atoms with van der Waals surface area (Å²) in [6.45, 7) is 4.27. The molecule has 1 aliphatic rings. The predicted octanol–water partition coefficient (Wildman–Crippen LogP) is 4.23. The Balaban J connectivity index is 1.48. The molecule has 0 saturated heterocycles. The minimum absolute atomic E-state index is 0.358. The van der Waals surface area contributed by atoms with Gasteiger partial charge in [-0.2, -0.15) is 0 Å². The molecule has 1 aromatic heterocycles. The Kier molecular flexibility index (Phi) is 5.03. The second kappa shape index (κ2) is 7.38. The largest absolute Gasteiger partial charge is 0.508 e. The maximum Gasteiger partial charge on any atom is 0.118 e. The van der Waals surface area contributed by atoms with Crippen LogP contribution in [0.4, 0.5) is 0 Å². The molecule has 1 aromatic carbocycles. The minimum Gasteiger partial charge on any atom is -0.508 e. The van der Waals surface area contributed by atoms with Crippen LogP contribution in [-0.4, -0.2) is 23.2 Å². The van der Waals surface area contributed by atoms with E-state index in [9.17, 15) is 5.11 Å². The number of benzene rings is 1. The van der Waals surface area contributed by atoms with Crippen LogP contribution in [0.2, 0.25) is 0 Å². The van der Waals surface area contributed by atoms with E-state index in [2.05, 4.69) is 40.8 Å².